The maximum atomic E-state index is 14.9. The lowest BCUT2D eigenvalue weighted by Gasteiger charge is -2.36. The summed E-state index contributed by atoms with van der Waals surface area (Å²) < 4.78 is 23.1. The first-order chi connectivity index (χ1) is 22.5. The number of urea groups is 1. The van der Waals surface area contributed by atoms with Gasteiger partial charge in [0.2, 0.25) is 0 Å². The monoisotopic (exact) mass is 624 g/mol. The van der Waals surface area contributed by atoms with Crippen molar-refractivity contribution in [2.45, 2.75) is 56.5 Å². The van der Waals surface area contributed by atoms with E-state index in [0.717, 1.165) is 35.1 Å². The van der Waals surface area contributed by atoms with E-state index in [4.69, 9.17) is 18.9 Å². The van der Waals surface area contributed by atoms with E-state index >= 15 is 0 Å². The van der Waals surface area contributed by atoms with Crippen molar-refractivity contribution in [1.82, 2.24) is 9.80 Å². The van der Waals surface area contributed by atoms with E-state index in [0.29, 0.717) is 68.8 Å². The number of carbonyl (C=O) groups excluding carboxylic acids is 1. The number of carbonyl (C=O) groups is 1. The van der Waals surface area contributed by atoms with Gasteiger partial charge in [-0.15, -0.1) is 0 Å². The van der Waals surface area contributed by atoms with E-state index in [1.165, 1.54) is 0 Å². The van der Waals surface area contributed by atoms with Crippen LogP contribution < -0.4 is 18.9 Å². The van der Waals surface area contributed by atoms with E-state index in [1.54, 1.807) is 9.80 Å². The smallest absolute Gasteiger partial charge is 0.321 e. The van der Waals surface area contributed by atoms with Crippen LogP contribution in [0.2, 0.25) is 0 Å². The molecule has 3 aromatic carbocycles. The molecule has 1 fully saturated rings. The summed E-state index contributed by atoms with van der Waals surface area (Å²) in [7, 11) is 0. The number of ether oxygens (including phenoxy) is 4. The molecule has 0 radical (unpaired) electrons. The van der Waals surface area contributed by atoms with Crippen molar-refractivity contribution < 1.29 is 34.0 Å². The van der Waals surface area contributed by atoms with Gasteiger partial charge in [-0.3, -0.25) is 0 Å². The van der Waals surface area contributed by atoms with Crippen LogP contribution in [-0.4, -0.2) is 83.3 Å². The molecule has 3 aliphatic heterocycles. The van der Waals surface area contributed by atoms with Crippen LogP contribution in [0.3, 0.4) is 0 Å². The quantitative estimate of drug-likeness (QED) is 0.375. The van der Waals surface area contributed by atoms with Gasteiger partial charge in [-0.25, -0.2) is 4.79 Å². The molecule has 4 atom stereocenters. The van der Waals surface area contributed by atoms with Gasteiger partial charge in [0.25, 0.3) is 0 Å². The second-order valence-electron chi connectivity index (χ2n) is 12.3. The highest BCUT2D eigenvalue weighted by molar-refractivity contribution is 5.76. The zero-order valence-electron chi connectivity index (χ0n) is 25.8. The number of allylic oxidation sites excluding steroid dienone is 2. The van der Waals surface area contributed by atoms with E-state index in [-0.39, 0.29) is 12.6 Å². The first-order valence-electron chi connectivity index (χ1n) is 16.1. The zero-order chi connectivity index (χ0) is 31.5. The molecule has 3 aromatic rings. The Morgan fingerprint density at radius 1 is 0.630 bits per heavy atom. The highest BCUT2D eigenvalue weighted by Gasteiger charge is 2.46. The van der Waals surface area contributed by atoms with Crippen molar-refractivity contribution in [3.05, 3.63) is 107 Å². The molecule has 4 unspecified atom stereocenters. The van der Waals surface area contributed by atoms with E-state index in [2.05, 4.69) is 18.2 Å². The van der Waals surface area contributed by atoms with Crippen LogP contribution in [0.25, 0.3) is 0 Å². The van der Waals surface area contributed by atoms with Crippen LogP contribution in [0.1, 0.15) is 29.5 Å². The maximum Gasteiger partial charge on any atom is 0.321 e. The second kappa shape index (κ2) is 13.5. The molecule has 2 N–H and O–H groups in total. The molecule has 3 heterocycles. The molecule has 9 heteroatoms. The number of aliphatic hydroxyl groups excluding tert-OH is 2. The summed E-state index contributed by atoms with van der Waals surface area (Å²) in [6.45, 7) is 2.50. The fourth-order valence-electron chi connectivity index (χ4n) is 6.78. The predicted octanol–water partition coefficient (Wildman–Crippen LogP) is 4.69. The number of rotatable bonds is 8. The van der Waals surface area contributed by atoms with Gasteiger partial charge in [-0.05, 0) is 72.2 Å². The molecule has 1 aliphatic carbocycles. The van der Waals surface area contributed by atoms with Gasteiger partial charge in [0.1, 0.15) is 38.6 Å². The number of benzene rings is 3. The molecular weight excluding hydrogens is 584 g/mol. The van der Waals surface area contributed by atoms with Crippen LogP contribution in [0, 0.1) is 0 Å². The van der Waals surface area contributed by atoms with Gasteiger partial charge in [-0.2, -0.15) is 0 Å². The minimum atomic E-state index is -1.23. The molecule has 2 amide bonds. The number of amides is 2. The van der Waals surface area contributed by atoms with Crippen molar-refractivity contribution in [1.29, 1.82) is 0 Å². The van der Waals surface area contributed by atoms with E-state index < -0.39 is 24.3 Å². The summed E-state index contributed by atoms with van der Waals surface area (Å²) in [6, 6.07) is 19.6. The molecule has 7 rings (SSSR count). The normalized spacial score (nSPS) is 24.0. The zero-order valence-corrected chi connectivity index (χ0v) is 25.8. The summed E-state index contributed by atoms with van der Waals surface area (Å²) in [5, 5.41) is 24.1. The van der Waals surface area contributed by atoms with Crippen LogP contribution in [-0.2, 0) is 19.4 Å². The SMILES string of the molecule is O=C1N(CC2=CCCC=C2)C(Cc2ccc3c(c2)OCCO3)C(O)C(O)C(Cc2ccc3c(c2)OCCO3)N1Cc1ccccc1. The number of hydrogen-bond acceptors (Lipinski definition) is 7. The van der Waals surface area contributed by atoms with Crippen LogP contribution in [0.15, 0.2) is 90.5 Å². The number of aliphatic hydroxyl groups is 2. The third-order valence-electron chi connectivity index (χ3n) is 9.15. The molecule has 0 spiro atoms. The van der Waals surface area contributed by atoms with Crippen LogP contribution >= 0.6 is 0 Å². The molecule has 4 aliphatic rings. The molecule has 240 valence electrons. The third-order valence-corrected chi connectivity index (χ3v) is 9.15. The molecular formula is C37H40N2O7. The van der Waals surface area contributed by atoms with Gasteiger partial charge in [0.15, 0.2) is 23.0 Å². The molecule has 0 bridgehead atoms. The highest BCUT2D eigenvalue weighted by atomic mass is 16.6. The maximum absolute atomic E-state index is 14.9. The summed E-state index contributed by atoms with van der Waals surface area (Å²) >= 11 is 0. The summed E-state index contributed by atoms with van der Waals surface area (Å²) in [6.07, 6.45) is 6.36. The predicted molar refractivity (Wildman–Crippen MR) is 172 cm³/mol. The Kier molecular flexibility index (Phi) is 8.85. The Morgan fingerprint density at radius 3 is 1.72 bits per heavy atom. The highest BCUT2D eigenvalue weighted by Crippen LogP contribution is 2.35. The average Bonchev–Trinajstić information content (AvgIpc) is 3.16. The Balaban J connectivity index is 1.27. The molecule has 0 saturated carbocycles. The minimum absolute atomic E-state index is 0.232. The van der Waals surface area contributed by atoms with Gasteiger partial charge >= 0.3 is 6.03 Å². The fraction of sp³-hybridized carbons (Fsp3) is 0.378. The fourth-order valence-corrected chi connectivity index (χ4v) is 6.78. The van der Waals surface area contributed by atoms with E-state index in [9.17, 15) is 15.0 Å². The first-order valence-corrected chi connectivity index (χ1v) is 16.1. The molecule has 9 nitrogen and oxygen atoms in total. The lowest BCUT2D eigenvalue weighted by Crippen LogP contribution is -2.51. The number of nitrogens with zero attached hydrogens (tertiary/aromatic N) is 2. The molecule has 0 aromatic heterocycles. The summed E-state index contributed by atoms with van der Waals surface area (Å²) in [4.78, 5) is 18.4. The minimum Gasteiger partial charge on any atom is -0.486 e. The topological polar surface area (TPSA) is 101 Å². The summed E-state index contributed by atoms with van der Waals surface area (Å²) in [5.41, 5.74) is 3.71. The average molecular weight is 625 g/mol. The largest absolute Gasteiger partial charge is 0.486 e. The van der Waals surface area contributed by atoms with Gasteiger partial charge in [0, 0.05) is 13.1 Å². The first kappa shape index (κ1) is 30.2. The standard InChI is InChI=1S/C37H40N2O7/c40-35-29(19-27-11-13-31-33(21-27)45-17-15-43-31)38(23-25-7-3-1-4-8-25)37(42)39(24-26-9-5-2-6-10-26)30(36(35)41)20-28-12-14-32-34(22-28)46-18-16-44-32/h1,3-5,7-14,21-22,29-30,35-36,40-41H,2,6,15-20,23-24H2. The van der Waals surface area contributed by atoms with Gasteiger partial charge in [0.05, 0.1) is 12.1 Å². The Labute approximate surface area is 269 Å². The van der Waals surface area contributed by atoms with Gasteiger partial charge in [-0.1, -0.05) is 60.7 Å². The van der Waals surface area contributed by atoms with Crippen molar-refractivity contribution in [3.63, 3.8) is 0 Å². The van der Waals surface area contributed by atoms with Gasteiger partial charge < -0.3 is 39.0 Å². The van der Waals surface area contributed by atoms with Crippen LogP contribution in [0.4, 0.5) is 4.79 Å². The van der Waals surface area contributed by atoms with Crippen LogP contribution in [0.5, 0.6) is 23.0 Å². The lowest BCUT2D eigenvalue weighted by molar-refractivity contribution is -0.0395. The van der Waals surface area contributed by atoms with E-state index in [1.807, 2.05) is 66.7 Å². The van der Waals surface area contributed by atoms with Crippen molar-refractivity contribution in [2.75, 3.05) is 33.0 Å². The summed E-state index contributed by atoms with van der Waals surface area (Å²) in [5.74, 6) is 2.64. The Morgan fingerprint density at radius 2 is 1.17 bits per heavy atom. The van der Waals surface area contributed by atoms with Crippen molar-refractivity contribution in [3.8, 4) is 23.0 Å². The molecule has 46 heavy (non-hydrogen) atoms. The number of fused-ring (bicyclic) bond motifs is 2. The number of hydrogen-bond donors (Lipinski definition) is 2. The Hall–Kier alpha value is -4.47. The Bertz CT molecular complexity index is 1610. The second-order valence-corrected chi connectivity index (χ2v) is 12.3. The van der Waals surface area contributed by atoms with Crippen molar-refractivity contribution >= 4 is 6.03 Å². The van der Waals surface area contributed by atoms with Crippen molar-refractivity contribution in [2.24, 2.45) is 0 Å². The third kappa shape index (κ3) is 6.43. The molecule has 1 saturated heterocycles. The lowest BCUT2D eigenvalue weighted by atomic mass is 9.90.